The molecular formula is C19H23FN2O4S. The summed E-state index contributed by atoms with van der Waals surface area (Å²) < 4.78 is 45.4. The number of ether oxygens (including phenoxy) is 1. The summed E-state index contributed by atoms with van der Waals surface area (Å²) in [4.78, 5) is 1.96. The van der Waals surface area contributed by atoms with Crippen molar-refractivity contribution in [3.8, 4) is 5.75 Å². The third kappa shape index (κ3) is 5.26. The second-order valence-electron chi connectivity index (χ2n) is 6.44. The number of para-hydroxylation sites is 1. The van der Waals surface area contributed by atoms with E-state index in [4.69, 9.17) is 4.74 Å². The van der Waals surface area contributed by atoms with Gasteiger partial charge in [0.25, 0.3) is 0 Å². The highest BCUT2D eigenvalue weighted by atomic mass is 32.2. The van der Waals surface area contributed by atoms with Crippen LogP contribution in [0.3, 0.4) is 0 Å². The first-order valence-corrected chi connectivity index (χ1v) is 10.2. The van der Waals surface area contributed by atoms with Crippen molar-refractivity contribution in [2.75, 3.05) is 39.3 Å². The van der Waals surface area contributed by atoms with Gasteiger partial charge in [-0.2, -0.15) is 4.31 Å². The van der Waals surface area contributed by atoms with E-state index in [9.17, 15) is 17.9 Å². The molecular weight excluding hydrogens is 371 g/mol. The van der Waals surface area contributed by atoms with Gasteiger partial charge < -0.3 is 9.84 Å². The minimum Gasteiger partial charge on any atom is -0.491 e. The van der Waals surface area contributed by atoms with Crippen molar-refractivity contribution in [2.24, 2.45) is 0 Å². The van der Waals surface area contributed by atoms with E-state index in [-0.39, 0.29) is 11.5 Å². The quantitative estimate of drug-likeness (QED) is 0.772. The van der Waals surface area contributed by atoms with Crippen molar-refractivity contribution in [3.05, 3.63) is 60.4 Å². The summed E-state index contributed by atoms with van der Waals surface area (Å²) in [6.07, 6.45) is -0.670. The standard InChI is InChI=1S/C19H23FN2O4S/c20-16-5-4-8-19(13-16)27(24,25)22-11-9-21(10-12-22)14-17(23)15-26-18-6-2-1-3-7-18/h1-8,13,17,23H,9-12,14-15H2. The molecule has 1 saturated heterocycles. The van der Waals surface area contributed by atoms with Gasteiger partial charge in [0.1, 0.15) is 24.3 Å². The fourth-order valence-corrected chi connectivity index (χ4v) is 4.44. The largest absolute Gasteiger partial charge is 0.491 e. The normalized spacial score (nSPS) is 17.6. The lowest BCUT2D eigenvalue weighted by Crippen LogP contribution is -2.50. The fourth-order valence-electron chi connectivity index (χ4n) is 2.99. The van der Waals surface area contributed by atoms with Crippen molar-refractivity contribution in [3.63, 3.8) is 0 Å². The van der Waals surface area contributed by atoms with Crippen molar-refractivity contribution >= 4 is 10.0 Å². The van der Waals surface area contributed by atoms with Crippen molar-refractivity contribution in [1.29, 1.82) is 0 Å². The van der Waals surface area contributed by atoms with Crippen LogP contribution in [0.15, 0.2) is 59.5 Å². The average Bonchev–Trinajstić information content (AvgIpc) is 2.68. The van der Waals surface area contributed by atoms with E-state index in [1.165, 1.54) is 22.5 Å². The number of hydrogen-bond donors (Lipinski definition) is 1. The zero-order valence-corrected chi connectivity index (χ0v) is 15.7. The van der Waals surface area contributed by atoms with E-state index in [1.54, 1.807) is 0 Å². The van der Waals surface area contributed by atoms with Gasteiger partial charge in [0.15, 0.2) is 0 Å². The van der Waals surface area contributed by atoms with Crippen LogP contribution in [0.5, 0.6) is 5.75 Å². The van der Waals surface area contributed by atoms with Crippen LogP contribution in [0.4, 0.5) is 4.39 Å². The summed E-state index contributed by atoms with van der Waals surface area (Å²) >= 11 is 0. The lowest BCUT2D eigenvalue weighted by atomic mass is 10.3. The van der Waals surface area contributed by atoms with Crippen molar-refractivity contribution < 1.29 is 22.7 Å². The Kier molecular flexibility index (Phi) is 6.43. The molecule has 0 saturated carbocycles. The summed E-state index contributed by atoms with van der Waals surface area (Å²) in [5.41, 5.74) is 0. The van der Waals surface area contributed by atoms with Gasteiger partial charge in [-0.25, -0.2) is 12.8 Å². The molecule has 1 aliphatic rings. The predicted octanol–water partition coefficient (Wildman–Crippen LogP) is 1.57. The highest BCUT2D eigenvalue weighted by Gasteiger charge is 2.29. The maximum absolute atomic E-state index is 13.3. The first-order valence-electron chi connectivity index (χ1n) is 8.79. The first kappa shape index (κ1) is 19.8. The van der Waals surface area contributed by atoms with Gasteiger partial charge in [-0.1, -0.05) is 24.3 Å². The summed E-state index contributed by atoms with van der Waals surface area (Å²) in [5, 5.41) is 10.2. The lowest BCUT2D eigenvalue weighted by Gasteiger charge is -2.34. The van der Waals surface area contributed by atoms with Crippen molar-refractivity contribution in [1.82, 2.24) is 9.21 Å². The number of rotatable bonds is 7. The van der Waals surface area contributed by atoms with Crippen LogP contribution in [0.2, 0.25) is 0 Å². The second kappa shape index (κ2) is 8.79. The molecule has 0 bridgehead atoms. The van der Waals surface area contributed by atoms with Crippen LogP contribution in [0, 0.1) is 5.82 Å². The lowest BCUT2D eigenvalue weighted by molar-refractivity contribution is 0.0569. The van der Waals surface area contributed by atoms with Crippen LogP contribution in [0.1, 0.15) is 0 Å². The molecule has 0 amide bonds. The Hall–Kier alpha value is -2.00. The van der Waals surface area contributed by atoms with E-state index in [1.807, 2.05) is 35.2 Å². The molecule has 1 unspecified atom stereocenters. The second-order valence-corrected chi connectivity index (χ2v) is 8.38. The van der Waals surface area contributed by atoms with Gasteiger partial charge >= 0.3 is 0 Å². The van der Waals surface area contributed by atoms with Crippen LogP contribution < -0.4 is 4.74 Å². The Morgan fingerprint density at radius 3 is 2.41 bits per heavy atom. The molecule has 3 rings (SSSR count). The van der Waals surface area contributed by atoms with Gasteiger partial charge in [-0.3, -0.25) is 4.90 Å². The van der Waals surface area contributed by atoms with Gasteiger partial charge in [-0.15, -0.1) is 0 Å². The van der Waals surface area contributed by atoms with Crippen LogP contribution in [0.25, 0.3) is 0 Å². The summed E-state index contributed by atoms with van der Waals surface area (Å²) in [7, 11) is -3.70. The number of aliphatic hydroxyl groups is 1. The molecule has 0 spiro atoms. The molecule has 2 aromatic carbocycles. The van der Waals surface area contributed by atoms with Gasteiger partial charge in [-0.05, 0) is 30.3 Å². The number of aliphatic hydroxyl groups excluding tert-OH is 1. The van der Waals surface area contributed by atoms with Gasteiger partial charge in [0.05, 0.1) is 4.90 Å². The zero-order valence-electron chi connectivity index (χ0n) is 14.9. The molecule has 146 valence electrons. The number of halogens is 1. The van der Waals surface area contributed by atoms with E-state index in [0.717, 1.165) is 6.07 Å². The molecule has 1 aliphatic heterocycles. The van der Waals surface area contributed by atoms with E-state index in [2.05, 4.69) is 0 Å². The molecule has 6 nitrogen and oxygen atoms in total. The smallest absolute Gasteiger partial charge is 0.243 e. The van der Waals surface area contributed by atoms with E-state index < -0.39 is 21.9 Å². The average molecular weight is 394 g/mol. The summed E-state index contributed by atoms with van der Waals surface area (Å²) in [6, 6.07) is 14.3. The molecule has 0 aromatic heterocycles. The first-order chi connectivity index (χ1) is 12.9. The Morgan fingerprint density at radius 1 is 1.04 bits per heavy atom. The topological polar surface area (TPSA) is 70.1 Å². The van der Waals surface area contributed by atoms with Crippen LogP contribution in [-0.4, -0.2) is 68.2 Å². The van der Waals surface area contributed by atoms with E-state index in [0.29, 0.717) is 38.5 Å². The van der Waals surface area contributed by atoms with E-state index >= 15 is 0 Å². The molecule has 27 heavy (non-hydrogen) atoms. The maximum Gasteiger partial charge on any atom is 0.243 e. The number of benzene rings is 2. The van der Waals surface area contributed by atoms with Crippen LogP contribution >= 0.6 is 0 Å². The van der Waals surface area contributed by atoms with Gasteiger partial charge in [0, 0.05) is 32.7 Å². The Morgan fingerprint density at radius 2 is 1.74 bits per heavy atom. The third-order valence-corrected chi connectivity index (χ3v) is 6.31. The highest BCUT2D eigenvalue weighted by molar-refractivity contribution is 7.89. The zero-order chi connectivity index (χ0) is 19.3. The molecule has 0 aliphatic carbocycles. The SMILES string of the molecule is O=S(=O)(c1cccc(F)c1)N1CCN(CC(O)COc2ccccc2)CC1. The summed E-state index contributed by atoms with van der Waals surface area (Å²) in [5.74, 6) is 0.124. The molecule has 0 radical (unpaired) electrons. The molecule has 1 heterocycles. The minimum absolute atomic E-state index is 0.0350. The number of β-amino-alcohol motifs (C(OH)–C–C–N with tert-alkyl or cyclic N) is 1. The number of piperazine rings is 1. The molecule has 1 fully saturated rings. The Labute approximate surface area is 158 Å². The molecule has 1 atom stereocenters. The predicted molar refractivity (Wildman–Crippen MR) is 99.5 cm³/mol. The summed E-state index contributed by atoms with van der Waals surface area (Å²) in [6.45, 7) is 2.16. The number of hydrogen-bond acceptors (Lipinski definition) is 5. The Bertz CT molecular complexity index is 840. The maximum atomic E-state index is 13.3. The third-order valence-electron chi connectivity index (χ3n) is 4.42. The minimum atomic E-state index is -3.70. The number of nitrogens with zero attached hydrogens (tertiary/aromatic N) is 2. The van der Waals surface area contributed by atoms with Crippen LogP contribution in [-0.2, 0) is 10.0 Å². The fraction of sp³-hybridized carbons (Fsp3) is 0.368. The number of sulfonamides is 1. The molecule has 8 heteroatoms. The van der Waals surface area contributed by atoms with Crippen molar-refractivity contribution in [2.45, 2.75) is 11.0 Å². The van der Waals surface area contributed by atoms with Gasteiger partial charge in [0.2, 0.25) is 10.0 Å². The molecule has 2 aromatic rings. The highest BCUT2D eigenvalue weighted by Crippen LogP contribution is 2.18. The Balaban J connectivity index is 1.48. The molecule has 1 N–H and O–H groups in total. The monoisotopic (exact) mass is 394 g/mol.